The lowest BCUT2D eigenvalue weighted by atomic mass is 10.1. The van der Waals surface area contributed by atoms with Crippen molar-refractivity contribution in [2.24, 2.45) is 5.73 Å². The van der Waals surface area contributed by atoms with Gasteiger partial charge in [-0.1, -0.05) is 29.8 Å². The number of methoxy groups -OCH3 is 1. The highest BCUT2D eigenvalue weighted by molar-refractivity contribution is 5.78. The average Bonchev–Trinajstić information content (AvgIpc) is 2.41. The molecule has 0 aromatic heterocycles. The SMILES string of the molecule is COCCN(CCCN)C(=O)Cc1ccc(C)cc1. The molecule has 1 amide bonds. The van der Waals surface area contributed by atoms with E-state index in [0.29, 0.717) is 32.7 Å². The highest BCUT2D eigenvalue weighted by Gasteiger charge is 2.13. The monoisotopic (exact) mass is 264 g/mol. The highest BCUT2D eigenvalue weighted by atomic mass is 16.5. The Morgan fingerprint density at radius 1 is 1.26 bits per heavy atom. The number of ether oxygens (including phenoxy) is 1. The van der Waals surface area contributed by atoms with Crippen LogP contribution in [0.15, 0.2) is 24.3 Å². The van der Waals surface area contributed by atoms with Crippen LogP contribution in [0.5, 0.6) is 0 Å². The van der Waals surface area contributed by atoms with E-state index in [4.69, 9.17) is 10.5 Å². The lowest BCUT2D eigenvalue weighted by Gasteiger charge is -2.22. The summed E-state index contributed by atoms with van der Waals surface area (Å²) < 4.78 is 5.04. The van der Waals surface area contributed by atoms with E-state index in [1.54, 1.807) is 7.11 Å². The van der Waals surface area contributed by atoms with Crippen molar-refractivity contribution in [3.8, 4) is 0 Å². The van der Waals surface area contributed by atoms with Crippen LogP contribution < -0.4 is 5.73 Å². The Morgan fingerprint density at radius 3 is 2.53 bits per heavy atom. The smallest absolute Gasteiger partial charge is 0.227 e. The molecule has 0 fully saturated rings. The summed E-state index contributed by atoms with van der Waals surface area (Å²) in [4.78, 5) is 14.1. The molecule has 2 N–H and O–H groups in total. The Bertz CT molecular complexity index is 368. The molecule has 0 heterocycles. The molecular formula is C15H24N2O2. The Morgan fingerprint density at radius 2 is 1.95 bits per heavy atom. The Labute approximate surface area is 115 Å². The molecule has 0 atom stereocenters. The van der Waals surface area contributed by atoms with Gasteiger partial charge in [-0.25, -0.2) is 0 Å². The van der Waals surface area contributed by atoms with Crippen LogP contribution in [0, 0.1) is 6.92 Å². The molecule has 0 bridgehead atoms. The van der Waals surface area contributed by atoms with Gasteiger partial charge in [0, 0.05) is 20.2 Å². The van der Waals surface area contributed by atoms with Crippen LogP contribution in [0.2, 0.25) is 0 Å². The zero-order valence-electron chi connectivity index (χ0n) is 11.9. The zero-order valence-corrected chi connectivity index (χ0v) is 11.9. The summed E-state index contributed by atoms with van der Waals surface area (Å²) >= 11 is 0. The average molecular weight is 264 g/mol. The van der Waals surface area contributed by atoms with Crippen molar-refractivity contribution in [1.29, 1.82) is 0 Å². The molecule has 1 aromatic rings. The number of benzene rings is 1. The van der Waals surface area contributed by atoms with Gasteiger partial charge in [-0.05, 0) is 25.5 Å². The maximum absolute atomic E-state index is 12.2. The Hall–Kier alpha value is -1.39. The lowest BCUT2D eigenvalue weighted by Crippen LogP contribution is -2.36. The van der Waals surface area contributed by atoms with E-state index < -0.39 is 0 Å². The van der Waals surface area contributed by atoms with Gasteiger partial charge < -0.3 is 15.4 Å². The van der Waals surface area contributed by atoms with Crippen molar-refractivity contribution in [3.05, 3.63) is 35.4 Å². The highest BCUT2D eigenvalue weighted by Crippen LogP contribution is 2.06. The second kappa shape index (κ2) is 8.67. The number of amides is 1. The van der Waals surface area contributed by atoms with Crippen LogP contribution in [-0.4, -0.2) is 44.2 Å². The number of nitrogens with zero attached hydrogens (tertiary/aromatic N) is 1. The first-order valence-corrected chi connectivity index (χ1v) is 6.69. The van der Waals surface area contributed by atoms with E-state index in [9.17, 15) is 4.79 Å². The van der Waals surface area contributed by atoms with Crippen molar-refractivity contribution in [3.63, 3.8) is 0 Å². The summed E-state index contributed by atoms with van der Waals surface area (Å²) in [6.45, 7) is 4.52. The molecule has 0 aliphatic carbocycles. The maximum atomic E-state index is 12.2. The molecule has 19 heavy (non-hydrogen) atoms. The van der Waals surface area contributed by atoms with Gasteiger partial charge in [0.15, 0.2) is 0 Å². The quantitative estimate of drug-likeness (QED) is 0.771. The molecule has 4 nitrogen and oxygen atoms in total. The van der Waals surface area contributed by atoms with Crippen LogP contribution in [0.25, 0.3) is 0 Å². The number of carbonyl (C=O) groups excluding carboxylic acids is 1. The van der Waals surface area contributed by atoms with Crippen molar-refractivity contribution in [2.75, 3.05) is 33.4 Å². The maximum Gasteiger partial charge on any atom is 0.227 e. The number of rotatable bonds is 8. The molecule has 0 spiro atoms. The first-order valence-electron chi connectivity index (χ1n) is 6.69. The Kier molecular flexibility index (Phi) is 7.15. The molecule has 0 unspecified atom stereocenters. The summed E-state index contributed by atoms with van der Waals surface area (Å²) in [7, 11) is 1.64. The lowest BCUT2D eigenvalue weighted by molar-refractivity contribution is -0.131. The fraction of sp³-hybridized carbons (Fsp3) is 0.533. The molecule has 0 aliphatic heterocycles. The molecule has 1 aromatic carbocycles. The van der Waals surface area contributed by atoms with Gasteiger partial charge in [0.05, 0.1) is 13.0 Å². The molecule has 106 valence electrons. The van der Waals surface area contributed by atoms with E-state index in [2.05, 4.69) is 0 Å². The second-order valence-electron chi connectivity index (χ2n) is 4.68. The Balaban J connectivity index is 2.56. The number of carbonyl (C=O) groups is 1. The van der Waals surface area contributed by atoms with Crippen molar-refractivity contribution in [2.45, 2.75) is 19.8 Å². The van der Waals surface area contributed by atoms with Gasteiger partial charge in [-0.3, -0.25) is 4.79 Å². The van der Waals surface area contributed by atoms with E-state index in [1.165, 1.54) is 5.56 Å². The topological polar surface area (TPSA) is 55.6 Å². The first-order chi connectivity index (χ1) is 9.17. The van der Waals surface area contributed by atoms with Gasteiger partial charge in [0.2, 0.25) is 5.91 Å². The number of nitrogens with two attached hydrogens (primary N) is 1. The van der Waals surface area contributed by atoms with E-state index in [-0.39, 0.29) is 5.91 Å². The van der Waals surface area contributed by atoms with Gasteiger partial charge in [-0.15, -0.1) is 0 Å². The number of aryl methyl sites for hydroxylation is 1. The van der Waals surface area contributed by atoms with Crippen molar-refractivity contribution < 1.29 is 9.53 Å². The molecule has 1 rings (SSSR count). The second-order valence-corrected chi connectivity index (χ2v) is 4.68. The minimum Gasteiger partial charge on any atom is -0.383 e. The summed E-state index contributed by atoms with van der Waals surface area (Å²) in [5, 5.41) is 0. The van der Waals surface area contributed by atoms with Crippen LogP contribution in [-0.2, 0) is 16.0 Å². The van der Waals surface area contributed by atoms with E-state index in [0.717, 1.165) is 12.0 Å². The molecule has 4 heteroatoms. The number of hydrogen-bond donors (Lipinski definition) is 1. The van der Waals surface area contributed by atoms with Crippen LogP contribution >= 0.6 is 0 Å². The normalized spacial score (nSPS) is 10.5. The molecule has 0 aliphatic rings. The summed E-state index contributed by atoms with van der Waals surface area (Å²) in [6.07, 6.45) is 1.26. The standard InChI is InChI=1S/C15H24N2O2/c1-13-4-6-14(7-5-13)12-15(18)17(9-3-8-16)10-11-19-2/h4-7H,3,8-12,16H2,1-2H3. The van der Waals surface area contributed by atoms with Gasteiger partial charge >= 0.3 is 0 Å². The minimum atomic E-state index is 0.134. The molecule has 0 saturated heterocycles. The largest absolute Gasteiger partial charge is 0.383 e. The van der Waals surface area contributed by atoms with Gasteiger partial charge in [0.25, 0.3) is 0 Å². The molecule has 0 radical (unpaired) electrons. The predicted molar refractivity (Wildman–Crippen MR) is 77.0 cm³/mol. The van der Waals surface area contributed by atoms with Gasteiger partial charge in [-0.2, -0.15) is 0 Å². The molecular weight excluding hydrogens is 240 g/mol. The zero-order chi connectivity index (χ0) is 14.1. The third-order valence-electron chi connectivity index (χ3n) is 3.03. The third-order valence-corrected chi connectivity index (χ3v) is 3.03. The fourth-order valence-corrected chi connectivity index (χ4v) is 1.84. The predicted octanol–water partition coefficient (Wildman–Crippen LogP) is 1.36. The van der Waals surface area contributed by atoms with Crippen LogP contribution in [0.3, 0.4) is 0 Å². The first kappa shape index (κ1) is 15.7. The van der Waals surface area contributed by atoms with E-state index >= 15 is 0 Å². The number of hydrogen-bond acceptors (Lipinski definition) is 3. The minimum absolute atomic E-state index is 0.134. The van der Waals surface area contributed by atoms with Crippen LogP contribution in [0.4, 0.5) is 0 Å². The van der Waals surface area contributed by atoms with Crippen molar-refractivity contribution in [1.82, 2.24) is 4.90 Å². The summed E-state index contributed by atoms with van der Waals surface area (Å²) in [5.74, 6) is 0.134. The van der Waals surface area contributed by atoms with Crippen molar-refractivity contribution >= 4 is 5.91 Å². The van der Waals surface area contributed by atoms with E-state index in [1.807, 2.05) is 36.1 Å². The van der Waals surface area contributed by atoms with Gasteiger partial charge in [0.1, 0.15) is 0 Å². The third kappa shape index (κ3) is 5.85. The summed E-state index contributed by atoms with van der Waals surface area (Å²) in [6, 6.07) is 8.07. The summed E-state index contributed by atoms with van der Waals surface area (Å²) in [5.41, 5.74) is 7.76. The molecule has 0 saturated carbocycles. The van der Waals surface area contributed by atoms with Crippen LogP contribution in [0.1, 0.15) is 17.5 Å². The fourth-order valence-electron chi connectivity index (χ4n) is 1.84.